The molecule has 1 aliphatic carbocycles. The number of ketones is 1. The molecular formula is C40H63N5O6. The van der Waals surface area contributed by atoms with Crippen molar-refractivity contribution < 1.29 is 28.7 Å². The number of piperazine rings is 1. The Morgan fingerprint density at radius 1 is 0.922 bits per heavy atom. The van der Waals surface area contributed by atoms with Crippen LogP contribution in [0.2, 0.25) is 0 Å². The van der Waals surface area contributed by atoms with Gasteiger partial charge >= 0.3 is 5.97 Å². The largest absolute Gasteiger partial charge is 0.426 e. The number of likely N-dealkylation sites (N-methyl/N-ethyl adjacent to an activating group) is 1. The summed E-state index contributed by atoms with van der Waals surface area (Å²) in [6, 6.07) is 5.85. The summed E-state index contributed by atoms with van der Waals surface area (Å²) in [6.07, 6.45) is 10.1. The van der Waals surface area contributed by atoms with Crippen LogP contribution in [0.5, 0.6) is 5.75 Å². The Hall–Kier alpha value is -3.31. The Kier molecular flexibility index (Phi) is 15.5. The van der Waals surface area contributed by atoms with E-state index < -0.39 is 17.7 Å². The molecule has 284 valence electrons. The number of rotatable bonds is 19. The zero-order valence-electron chi connectivity index (χ0n) is 31.9. The fraction of sp³-hybridized carbons (Fsp3) is 0.725. The van der Waals surface area contributed by atoms with Gasteiger partial charge in [-0.3, -0.25) is 24.1 Å². The zero-order valence-corrected chi connectivity index (χ0v) is 31.9. The number of hydrogen-bond donors (Lipinski definition) is 1. The predicted octanol–water partition coefficient (Wildman–Crippen LogP) is 4.95. The summed E-state index contributed by atoms with van der Waals surface area (Å²) < 4.78 is 5.66. The molecule has 3 atom stereocenters. The van der Waals surface area contributed by atoms with Crippen LogP contribution in [0.4, 0.5) is 0 Å². The number of amides is 3. The lowest BCUT2D eigenvalue weighted by atomic mass is 9.92. The van der Waals surface area contributed by atoms with Crippen LogP contribution in [0.15, 0.2) is 24.3 Å². The van der Waals surface area contributed by atoms with Crippen molar-refractivity contribution in [3.8, 4) is 5.75 Å². The first-order chi connectivity index (χ1) is 24.5. The maximum absolute atomic E-state index is 14.8. The minimum Gasteiger partial charge on any atom is -0.426 e. The second-order valence-corrected chi connectivity index (χ2v) is 15.2. The molecule has 0 aromatic heterocycles. The lowest BCUT2D eigenvalue weighted by Gasteiger charge is -2.46. The van der Waals surface area contributed by atoms with Crippen LogP contribution in [-0.4, -0.2) is 113 Å². The Morgan fingerprint density at radius 3 is 2.22 bits per heavy atom. The molecule has 1 saturated carbocycles. The van der Waals surface area contributed by atoms with Crippen LogP contribution < -0.4 is 10.1 Å². The average Bonchev–Trinajstić information content (AvgIpc) is 3.67. The Bertz CT molecular complexity index is 1320. The van der Waals surface area contributed by atoms with E-state index >= 15 is 0 Å². The fourth-order valence-electron chi connectivity index (χ4n) is 8.05. The van der Waals surface area contributed by atoms with Crippen molar-refractivity contribution in [1.82, 2.24) is 24.9 Å². The molecule has 2 saturated heterocycles. The third-order valence-electron chi connectivity index (χ3n) is 11.2. The van der Waals surface area contributed by atoms with E-state index in [0.717, 1.165) is 83.1 Å². The molecule has 51 heavy (non-hydrogen) atoms. The highest BCUT2D eigenvalue weighted by molar-refractivity contribution is 5.96. The minimum atomic E-state index is -0.837. The van der Waals surface area contributed by atoms with Crippen molar-refractivity contribution >= 4 is 29.5 Å². The van der Waals surface area contributed by atoms with Gasteiger partial charge in [0.2, 0.25) is 17.7 Å². The Morgan fingerprint density at radius 2 is 1.59 bits per heavy atom. The van der Waals surface area contributed by atoms with Gasteiger partial charge in [-0.15, -0.1) is 0 Å². The van der Waals surface area contributed by atoms with Crippen LogP contribution in [0.3, 0.4) is 0 Å². The second-order valence-electron chi connectivity index (χ2n) is 15.2. The van der Waals surface area contributed by atoms with Gasteiger partial charge in [0, 0.05) is 52.0 Å². The summed E-state index contributed by atoms with van der Waals surface area (Å²) in [7, 11) is 2.08. The third kappa shape index (κ3) is 10.6. The van der Waals surface area contributed by atoms with Crippen molar-refractivity contribution in [3.05, 3.63) is 29.8 Å². The quantitative estimate of drug-likeness (QED) is 0.122. The highest BCUT2D eigenvalue weighted by Gasteiger charge is 2.62. The average molecular weight is 710 g/mol. The van der Waals surface area contributed by atoms with Gasteiger partial charge in [0.15, 0.2) is 0 Å². The van der Waals surface area contributed by atoms with Crippen LogP contribution >= 0.6 is 0 Å². The van der Waals surface area contributed by atoms with E-state index in [0.29, 0.717) is 50.8 Å². The zero-order chi connectivity index (χ0) is 37.0. The topological polar surface area (TPSA) is 120 Å². The van der Waals surface area contributed by atoms with Gasteiger partial charge in [0.25, 0.3) is 0 Å². The Labute approximate surface area is 305 Å². The first-order valence-corrected chi connectivity index (χ1v) is 19.6. The summed E-state index contributed by atoms with van der Waals surface area (Å²) in [4.78, 5) is 75.2. The van der Waals surface area contributed by atoms with Gasteiger partial charge in [-0.1, -0.05) is 58.6 Å². The SMILES string of the molecule is CCCCCC(=O)N1C(Cc2ccc(OC(=O)CN3CCN(C)CC3)cc2)C(=O)N(C(C(=O)NCCCCCC(C)=O)C(C)CC)C12CCCC2. The highest BCUT2D eigenvalue weighted by Crippen LogP contribution is 2.48. The summed E-state index contributed by atoms with van der Waals surface area (Å²) in [5.41, 5.74) is 0.0279. The molecule has 0 radical (unpaired) electrons. The maximum atomic E-state index is 14.8. The number of carbonyl (C=O) groups is 5. The van der Waals surface area contributed by atoms with E-state index in [9.17, 15) is 24.0 Å². The smallest absolute Gasteiger partial charge is 0.325 e. The molecule has 0 bridgehead atoms. The molecule has 11 heteroatoms. The van der Waals surface area contributed by atoms with Gasteiger partial charge < -0.3 is 29.5 Å². The predicted molar refractivity (Wildman–Crippen MR) is 198 cm³/mol. The number of nitrogens with zero attached hydrogens (tertiary/aromatic N) is 4. The van der Waals surface area contributed by atoms with E-state index in [-0.39, 0.29) is 41.9 Å². The summed E-state index contributed by atoms with van der Waals surface area (Å²) in [5.74, 6) is -0.139. The number of esters is 1. The van der Waals surface area contributed by atoms with Crippen molar-refractivity contribution in [2.75, 3.05) is 46.3 Å². The van der Waals surface area contributed by atoms with Crippen LogP contribution in [0, 0.1) is 5.92 Å². The molecule has 2 aliphatic heterocycles. The van der Waals surface area contributed by atoms with Gasteiger partial charge in [0.05, 0.1) is 6.54 Å². The standard InChI is InChI=1S/C40H63N5O6/c1-6-8-10-16-35(47)44-34(28-32-17-19-33(20-18-32)51-36(48)29-43-26-24-42(5)25-27-43)39(50)45(40(44)21-12-13-22-40)37(30(3)7-2)38(49)41-23-14-9-11-15-31(4)46/h17-20,30,34,37H,6-16,21-29H2,1-5H3,(H,41,49). The molecular weight excluding hydrogens is 646 g/mol. The highest BCUT2D eigenvalue weighted by atomic mass is 16.5. The number of hydrogen-bond acceptors (Lipinski definition) is 8. The van der Waals surface area contributed by atoms with E-state index in [1.54, 1.807) is 19.1 Å². The monoisotopic (exact) mass is 709 g/mol. The number of unbranched alkanes of at least 4 members (excludes halogenated alkanes) is 4. The van der Waals surface area contributed by atoms with Crippen molar-refractivity contribution in [3.63, 3.8) is 0 Å². The van der Waals surface area contributed by atoms with E-state index in [4.69, 9.17) is 4.74 Å². The number of carbonyl (C=O) groups excluding carboxylic acids is 5. The molecule has 1 aromatic rings. The fourth-order valence-corrected chi connectivity index (χ4v) is 8.05. The maximum Gasteiger partial charge on any atom is 0.325 e. The van der Waals surface area contributed by atoms with E-state index in [1.807, 2.05) is 35.8 Å². The van der Waals surface area contributed by atoms with E-state index in [1.165, 1.54) is 0 Å². The summed E-state index contributed by atoms with van der Waals surface area (Å²) in [5, 5.41) is 3.12. The first-order valence-electron chi connectivity index (χ1n) is 19.6. The molecule has 11 nitrogen and oxygen atoms in total. The normalized spacial score (nSPS) is 20.5. The van der Waals surface area contributed by atoms with E-state index in [2.05, 4.69) is 29.1 Å². The van der Waals surface area contributed by atoms with Gasteiger partial charge in [-0.25, -0.2) is 0 Å². The minimum absolute atomic E-state index is 0.0190. The number of Topliss-reactive ketones (excluding diaryl/α,β-unsaturated/α-hetero) is 1. The molecule has 3 aliphatic rings. The molecule has 1 spiro atoms. The lowest BCUT2D eigenvalue weighted by Crippen LogP contribution is -2.62. The first kappa shape index (κ1) is 40.5. The third-order valence-corrected chi connectivity index (χ3v) is 11.2. The van der Waals surface area contributed by atoms with Gasteiger partial charge in [-0.2, -0.15) is 0 Å². The molecule has 1 N–H and O–H groups in total. The molecule has 3 fully saturated rings. The molecule has 2 heterocycles. The van der Waals surface area contributed by atoms with Crippen molar-refractivity contribution in [1.29, 1.82) is 0 Å². The number of nitrogens with one attached hydrogen (secondary N) is 1. The summed E-state index contributed by atoms with van der Waals surface area (Å²) in [6.45, 7) is 12.0. The van der Waals surface area contributed by atoms with Crippen LogP contribution in [0.1, 0.15) is 117 Å². The number of ether oxygens (including phenoxy) is 1. The molecule has 4 rings (SSSR count). The molecule has 3 unspecified atom stereocenters. The molecule has 1 aromatic carbocycles. The molecule has 3 amide bonds. The van der Waals surface area contributed by atoms with Gasteiger partial charge in [-0.05, 0) is 82.5 Å². The van der Waals surface area contributed by atoms with Gasteiger partial charge in [0.1, 0.15) is 29.3 Å². The van der Waals surface area contributed by atoms with Crippen LogP contribution in [-0.2, 0) is 30.4 Å². The summed E-state index contributed by atoms with van der Waals surface area (Å²) >= 11 is 0. The number of benzene rings is 1. The van der Waals surface area contributed by atoms with Crippen LogP contribution in [0.25, 0.3) is 0 Å². The van der Waals surface area contributed by atoms with Crippen molar-refractivity contribution in [2.45, 2.75) is 135 Å². The second kappa shape index (κ2) is 19.5. The lowest BCUT2D eigenvalue weighted by molar-refractivity contribution is -0.151. The Balaban J connectivity index is 1.55. The van der Waals surface area contributed by atoms with Crippen molar-refractivity contribution in [2.24, 2.45) is 5.92 Å².